The van der Waals surface area contributed by atoms with Crippen molar-refractivity contribution >= 4 is 47.6 Å². The van der Waals surface area contributed by atoms with Crippen molar-refractivity contribution < 1.29 is 0 Å². The Labute approximate surface area is 304 Å². The molecule has 0 fully saturated rings. The maximum atomic E-state index is 4.29. The number of aliphatic imine (C=N–C) groups is 4. The molecule has 0 atom stereocenters. The SMILES string of the molecule is C(=Nc1ccccc1)c1ccc[nH]1.C(=Nc1ccccc1)c1ccc[nH]1.C(=Nc1ccccc1)c1ccc[nH]1.C(=Nc1ccccc1)c1ccc[nH]1. The van der Waals surface area contributed by atoms with Crippen molar-refractivity contribution in [2.24, 2.45) is 20.0 Å². The van der Waals surface area contributed by atoms with Gasteiger partial charge in [0.05, 0.1) is 70.4 Å². The Morgan fingerprint density at radius 2 is 0.462 bits per heavy atom. The van der Waals surface area contributed by atoms with Gasteiger partial charge in [0, 0.05) is 24.8 Å². The van der Waals surface area contributed by atoms with E-state index in [1.54, 1.807) is 0 Å². The van der Waals surface area contributed by atoms with Gasteiger partial charge in [0.25, 0.3) is 0 Å². The number of hydrogen-bond donors (Lipinski definition) is 4. The van der Waals surface area contributed by atoms with Crippen LogP contribution in [0.2, 0.25) is 0 Å². The number of aromatic amines is 4. The topological polar surface area (TPSA) is 113 Å². The van der Waals surface area contributed by atoms with Crippen LogP contribution < -0.4 is 0 Å². The molecule has 4 N–H and O–H groups in total. The van der Waals surface area contributed by atoms with Gasteiger partial charge < -0.3 is 19.9 Å². The highest BCUT2D eigenvalue weighted by Gasteiger charge is 1.89. The fourth-order valence-corrected chi connectivity index (χ4v) is 4.33. The summed E-state index contributed by atoms with van der Waals surface area (Å²) in [6, 6.07) is 55.2. The standard InChI is InChI=1S/4C11H10N2/c4*1-2-5-10(6-3-1)13-9-11-7-4-8-12-11/h4*1-9,12H. The van der Waals surface area contributed by atoms with E-state index in [1.165, 1.54) is 0 Å². The minimum Gasteiger partial charge on any atom is -0.360 e. The fourth-order valence-electron chi connectivity index (χ4n) is 4.33. The molecular formula is C44H40N8. The Morgan fingerprint density at radius 1 is 0.250 bits per heavy atom. The van der Waals surface area contributed by atoms with Crippen LogP contribution >= 0.6 is 0 Å². The molecule has 256 valence electrons. The van der Waals surface area contributed by atoms with Gasteiger partial charge in [-0.05, 0) is 97.1 Å². The van der Waals surface area contributed by atoms with E-state index in [-0.39, 0.29) is 0 Å². The lowest BCUT2D eigenvalue weighted by atomic mass is 10.3. The summed E-state index contributed by atoms with van der Waals surface area (Å²) < 4.78 is 0. The normalized spacial score (nSPS) is 10.8. The number of H-pyrrole nitrogens is 4. The Kier molecular flexibility index (Phi) is 14.9. The van der Waals surface area contributed by atoms with E-state index in [4.69, 9.17) is 0 Å². The molecule has 52 heavy (non-hydrogen) atoms. The zero-order valence-corrected chi connectivity index (χ0v) is 28.6. The second-order valence-corrected chi connectivity index (χ2v) is 10.9. The monoisotopic (exact) mass is 680 g/mol. The molecule has 0 bridgehead atoms. The number of nitrogens with one attached hydrogen (secondary N) is 4. The molecule has 0 saturated heterocycles. The van der Waals surface area contributed by atoms with Crippen LogP contribution in [0.15, 0.2) is 215 Å². The van der Waals surface area contributed by atoms with Crippen molar-refractivity contribution in [2.75, 3.05) is 0 Å². The highest BCUT2D eigenvalue weighted by atomic mass is 14.8. The first-order chi connectivity index (χ1) is 25.8. The molecule has 0 aliphatic rings. The van der Waals surface area contributed by atoms with Crippen LogP contribution in [-0.4, -0.2) is 44.8 Å². The molecule has 0 unspecified atom stereocenters. The molecule has 8 rings (SSSR count). The minimum absolute atomic E-state index is 0.970. The van der Waals surface area contributed by atoms with E-state index >= 15 is 0 Å². The maximum Gasteiger partial charge on any atom is 0.0630 e. The second-order valence-electron chi connectivity index (χ2n) is 10.9. The van der Waals surface area contributed by atoms with E-state index in [2.05, 4.69) is 39.9 Å². The van der Waals surface area contributed by atoms with Gasteiger partial charge in [-0.15, -0.1) is 0 Å². The molecule has 4 aromatic heterocycles. The van der Waals surface area contributed by atoms with Crippen LogP contribution in [0.25, 0.3) is 0 Å². The molecule has 0 aliphatic carbocycles. The molecule has 8 aromatic rings. The Balaban J connectivity index is 0.000000134. The summed E-state index contributed by atoms with van der Waals surface area (Å²) in [6.07, 6.45) is 14.8. The summed E-state index contributed by atoms with van der Waals surface area (Å²) in [5.41, 5.74) is 7.95. The van der Waals surface area contributed by atoms with Crippen molar-refractivity contribution in [1.82, 2.24) is 19.9 Å². The predicted molar refractivity (Wildman–Crippen MR) is 218 cm³/mol. The molecule has 4 heterocycles. The Bertz CT molecular complexity index is 1810. The molecule has 4 aromatic carbocycles. The van der Waals surface area contributed by atoms with Gasteiger partial charge >= 0.3 is 0 Å². The summed E-state index contributed by atoms with van der Waals surface area (Å²) in [7, 11) is 0. The smallest absolute Gasteiger partial charge is 0.0630 e. The number of benzene rings is 4. The van der Waals surface area contributed by atoms with E-state index in [0.717, 1.165) is 45.5 Å². The van der Waals surface area contributed by atoms with E-state index in [1.807, 2.05) is 220 Å². The number of hydrogen-bond acceptors (Lipinski definition) is 4. The van der Waals surface area contributed by atoms with Gasteiger partial charge in [0.15, 0.2) is 0 Å². The van der Waals surface area contributed by atoms with Crippen molar-refractivity contribution in [1.29, 1.82) is 0 Å². The zero-order valence-electron chi connectivity index (χ0n) is 28.6. The third-order valence-electron chi connectivity index (χ3n) is 6.92. The maximum absolute atomic E-state index is 4.29. The summed E-state index contributed by atoms with van der Waals surface area (Å²) >= 11 is 0. The van der Waals surface area contributed by atoms with E-state index < -0.39 is 0 Å². The van der Waals surface area contributed by atoms with Crippen LogP contribution in [0.3, 0.4) is 0 Å². The van der Waals surface area contributed by atoms with Gasteiger partial charge in [-0.25, -0.2) is 0 Å². The lowest BCUT2D eigenvalue weighted by Crippen LogP contribution is -1.77. The fraction of sp³-hybridized carbons (Fsp3) is 0. The number of nitrogens with zero attached hydrogens (tertiary/aromatic N) is 4. The van der Waals surface area contributed by atoms with Crippen LogP contribution in [0.1, 0.15) is 22.8 Å². The highest BCUT2D eigenvalue weighted by Crippen LogP contribution is 2.11. The molecular weight excluding hydrogens is 641 g/mol. The van der Waals surface area contributed by atoms with Crippen molar-refractivity contribution in [2.45, 2.75) is 0 Å². The van der Waals surface area contributed by atoms with Crippen LogP contribution in [0, 0.1) is 0 Å². The number of rotatable bonds is 8. The molecule has 8 heteroatoms. The minimum atomic E-state index is 0.970. The highest BCUT2D eigenvalue weighted by molar-refractivity contribution is 5.81. The molecule has 8 nitrogen and oxygen atoms in total. The van der Waals surface area contributed by atoms with E-state index in [9.17, 15) is 0 Å². The lowest BCUT2D eigenvalue weighted by molar-refractivity contribution is 1.38. The third kappa shape index (κ3) is 14.0. The third-order valence-corrected chi connectivity index (χ3v) is 6.92. The molecule has 0 spiro atoms. The summed E-state index contributed by atoms with van der Waals surface area (Å²) in [5, 5.41) is 0. The summed E-state index contributed by atoms with van der Waals surface area (Å²) in [4.78, 5) is 29.4. The largest absolute Gasteiger partial charge is 0.360 e. The molecule has 0 saturated carbocycles. The molecule has 0 amide bonds. The Hall–Kier alpha value is -7.32. The van der Waals surface area contributed by atoms with Gasteiger partial charge in [-0.3, -0.25) is 20.0 Å². The summed E-state index contributed by atoms with van der Waals surface area (Å²) in [6.45, 7) is 0. The first kappa shape index (κ1) is 36.0. The molecule has 0 radical (unpaired) electrons. The quantitative estimate of drug-likeness (QED) is 0.114. The number of para-hydroxylation sites is 4. The zero-order chi connectivity index (χ0) is 35.7. The van der Waals surface area contributed by atoms with E-state index in [0.29, 0.717) is 0 Å². The summed E-state index contributed by atoms with van der Waals surface area (Å²) in [5.74, 6) is 0. The first-order valence-corrected chi connectivity index (χ1v) is 16.7. The second kappa shape index (κ2) is 21.6. The van der Waals surface area contributed by atoms with Crippen LogP contribution in [-0.2, 0) is 0 Å². The van der Waals surface area contributed by atoms with Gasteiger partial charge in [-0.1, -0.05) is 72.8 Å². The van der Waals surface area contributed by atoms with Gasteiger partial charge in [0.1, 0.15) is 0 Å². The van der Waals surface area contributed by atoms with Crippen LogP contribution in [0.4, 0.5) is 22.7 Å². The lowest BCUT2D eigenvalue weighted by Gasteiger charge is -1.89. The van der Waals surface area contributed by atoms with Gasteiger partial charge in [-0.2, -0.15) is 0 Å². The number of aromatic nitrogens is 4. The van der Waals surface area contributed by atoms with Gasteiger partial charge in [0.2, 0.25) is 0 Å². The van der Waals surface area contributed by atoms with Crippen molar-refractivity contribution in [3.8, 4) is 0 Å². The molecule has 0 aliphatic heterocycles. The first-order valence-electron chi connectivity index (χ1n) is 16.7. The predicted octanol–water partition coefficient (Wildman–Crippen LogP) is 11.1. The average Bonchev–Trinajstić information content (AvgIpc) is 4.07. The van der Waals surface area contributed by atoms with Crippen molar-refractivity contribution in [3.05, 3.63) is 217 Å². The Morgan fingerprint density at radius 3 is 0.635 bits per heavy atom. The van der Waals surface area contributed by atoms with Crippen LogP contribution in [0.5, 0.6) is 0 Å². The van der Waals surface area contributed by atoms with Crippen molar-refractivity contribution in [3.63, 3.8) is 0 Å². The average molecular weight is 681 g/mol.